The van der Waals surface area contributed by atoms with Gasteiger partial charge in [0.1, 0.15) is 0 Å². The van der Waals surface area contributed by atoms with Crippen LogP contribution in [0.4, 0.5) is 5.69 Å². The highest BCUT2D eigenvalue weighted by atomic mass is 79.9. The lowest BCUT2D eigenvalue weighted by molar-refractivity contribution is -0.387. The van der Waals surface area contributed by atoms with Crippen LogP contribution < -0.4 is 4.72 Å². The smallest absolute Gasteiger partial charge is 0.258 e. The van der Waals surface area contributed by atoms with Gasteiger partial charge in [-0.25, -0.2) is 13.1 Å². The van der Waals surface area contributed by atoms with Crippen LogP contribution in [0.3, 0.4) is 0 Å². The van der Waals surface area contributed by atoms with Crippen molar-refractivity contribution in [3.05, 3.63) is 32.8 Å². The second-order valence-corrected chi connectivity index (χ2v) is 6.72. The fourth-order valence-corrected chi connectivity index (χ4v) is 3.68. The molecule has 1 fully saturated rings. The Morgan fingerprint density at radius 3 is 2.56 bits per heavy atom. The van der Waals surface area contributed by atoms with Crippen molar-refractivity contribution in [2.45, 2.75) is 30.2 Å². The number of nitro groups is 1. The van der Waals surface area contributed by atoms with Gasteiger partial charge >= 0.3 is 0 Å². The van der Waals surface area contributed by atoms with Crippen molar-refractivity contribution in [3.63, 3.8) is 0 Å². The van der Waals surface area contributed by atoms with Gasteiger partial charge in [-0.3, -0.25) is 10.1 Å². The van der Waals surface area contributed by atoms with Crippen molar-refractivity contribution in [1.29, 1.82) is 0 Å². The van der Waals surface area contributed by atoms with Gasteiger partial charge in [-0.05, 0) is 25.0 Å². The molecule has 0 bridgehead atoms. The Bertz CT molecular complexity index is 584. The monoisotopic (exact) mass is 334 g/mol. The molecule has 0 radical (unpaired) electrons. The fourth-order valence-electron chi connectivity index (χ4n) is 1.66. The number of halogens is 1. The number of nitrogens with one attached hydrogen (secondary N) is 1. The number of sulfonamides is 1. The highest BCUT2D eigenvalue weighted by molar-refractivity contribution is 9.10. The van der Waals surface area contributed by atoms with Crippen LogP contribution in [0.2, 0.25) is 0 Å². The first-order valence-electron chi connectivity index (χ1n) is 5.36. The molecule has 1 N–H and O–H groups in total. The molecule has 98 valence electrons. The van der Waals surface area contributed by atoms with Crippen LogP contribution in [0, 0.1) is 10.1 Å². The van der Waals surface area contributed by atoms with E-state index in [0.29, 0.717) is 4.47 Å². The SMILES string of the molecule is O=[N+]([O-])c1ccc(Br)cc1S(=O)(=O)NC1CCC1. The summed E-state index contributed by atoms with van der Waals surface area (Å²) in [6.07, 6.45) is 2.54. The standard InChI is InChI=1S/C10H11BrN2O4S/c11-7-4-5-9(13(14)15)10(6-7)18(16,17)12-8-2-1-3-8/h4-6,8,12H,1-3H2. The van der Waals surface area contributed by atoms with E-state index in [4.69, 9.17) is 0 Å². The third-order valence-electron chi connectivity index (χ3n) is 2.84. The number of nitro benzene ring substituents is 1. The van der Waals surface area contributed by atoms with E-state index < -0.39 is 20.6 Å². The lowest BCUT2D eigenvalue weighted by Crippen LogP contribution is -2.39. The van der Waals surface area contributed by atoms with Crippen LogP contribution in [0.15, 0.2) is 27.6 Å². The average molecular weight is 335 g/mol. The molecule has 1 aliphatic carbocycles. The van der Waals surface area contributed by atoms with Gasteiger partial charge in [0.05, 0.1) is 4.92 Å². The molecule has 0 atom stereocenters. The van der Waals surface area contributed by atoms with Crippen molar-refractivity contribution >= 4 is 31.6 Å². The van der Waals surface area contributed by atoms with Gasteiger partial charge in [-0.15, -0.1) is 0 Å². The zero-order chi connectivity index (χ0) is 13.3. The second-order valence-electron chi connectivity index (χ2n) is 4.12. The molecule has 1 aliphatic rings. The van der Waals surface area contributed by atoms with Crippen molar-refractivity contribution < 1.29 is 13.3 Å². The summed E-state index contributed by atoms with van der Waals surface area (Å²) >= 11 is 3.12. The van der Waals surface area contributed by atoms with Crippen molar-refractivity contribution in [2.24, 2.45) is 0 Å². The summed E-state index contributed by atoms with van der Waals surface area (Å²) in [5.74, 6) is 0. The van der Waals surface area contributed by atoms with Gasteiger partial charge < -0.3 is 0 Å². The summed E-state index contributed by atoms with van der Waals surface area (Å²) < 4.78 is 27.1. The number of rotatable bonds is 4. The van der Waals surface area contributed by atoms with Crippen molar-refractivity contribution in [3.8, 4) is 0 Å². The zero-order valence-electron chi connectivity index (χ0n) is 9.30. The first-order chi connectivity index (χ1) is 8.40. The summed E-state index contributed by atoms with van der Waals surface area (Å²) in [6.45, 7) is 0. The van der Waals surface area contributed by atoms with Gasteiger partial charge in [0.25, 0.3) is 5.69 Å². The first-order valence-corrected chi connectivity index (χ1v) is 7.64. The molecule has 0 aromatic heterocycles. The molecule has 6 nitrogen and oxygen atoms in total. The van der Waals surface area contributed by atoms with Crippen molar-refractivity contribution in [2.75, 3.05) is 0 Å². The van der Waals surface area contributed by atoms with E-state index >= 15 is 0 Å². The molecule has 2 rings (SSSR count). The minimum Gasteiger partial charge on any atom is -0.258 e. The Kier molecular flexibility index (Phi) is 3.69. The van der Waals surface area contributed by atoms with Crippen LogP contribution in [0.1, 0.15) is 19.3 Å². The Balaban J connectivity index is 2.41. The minimum absolute atomic E-state index is 0.103. The van der Waals surface area contributed by atoms with Crippen LogP contribution in [0.5, 0.6) is 0 Å². The Morgan fingerprint density at radius 2 is 2.06 bits per heavy atom. The Hall–Kier alpha value is -0.990. The van der Waals surface area contributed by atoms with E-state index in [1.807, 2.05) is 0 Å². The quantitative estimate of drug-likeness (QED) is 0.675. The molecular formula is C10H11BrN2O4S. The minimum atomic E-state index is -3.84. The van der Waals surface area contributed by atoms with Crippen LogP contribution in [-0.2, 0) is 10.0 Å². The second kappa shape index (κ2) is 4.94. The molecule has 0 aliphatic heterocycles. The largest absolute Gasteiger partial charge is 0.289 e. The molecule has 18 heavy (non-hydrogen) atoms. The maximum Gasteiger partial charge on any atom is 0.289 e. The van der Waals surface area contributed by atoms with E-state index in [-0.39, 0.29) is 10.9 Å². The van der Waals surface area contributed by atoms with E-state index in [2.05, 4.69) is 20.7 Å². The van der Waals surface area contributed by atoms with Crippen LogP contribution >= 0.6 is 15.9 Å². The average Bonchev–Trinajstić information content (AvgIpc) is 2.23. The van der Waals surface area contributed by atoms with E-state index in [0.717, 1.165) is 19.3 Å². The third kappa shape index (κ3) is 2.70. The van der Waals surface area contributed by atoms with Gasteiger partial charge in [-0.2, -0.15) is 0 Å². The molecule has 8 heteroatoms. The highest BCUT2D eigenvalue weighted by Gasteiger charge is 2.30. The predicted octanol–water partition coefficient (Wildman–Crippen LogP) is 2.19. The molecular weight excluding hydrogens is 324 g/mol. The molecule has 0 amide bonds. The first kappa shape index (κ1) is 13.4. The molecule has 1 saturated carbocycles. The summed E-state index contributed by atoms with van der Waals surface area (Å²) in [7, 11) is -3.84. The molecule has 0 heterocycles. The van der Waals surface area contributed by atoms with Crippen molar-refractivity contribution in [1.82, 2.24) is 4.72 Å². The summed E-state index contributed by atoms with van der Waals surface area (Å²) in [5.41, 5.74) is -0.412. The summed E-state index contributed by atoms with van der Waals surface area (Å²) in [4.78, 5) is 9.86. The number of hydrogen-bond donors (Lipinski definition) is 1. The van der Waals surface area contributed by atoms with Crippen LogP contribution in [0.25, 0.3) is 0 Å². The third-order valence-corrected chi connectivity index (χ3v) is 4.88. The Morgan fingerprint density at radius 1 is 1.39 bits per heavy atom. The molecule has 1 aromatic carbocycles. The number of hydrogen-bond acceptors (Lipinski definition) is 4. The Labute approximate surface area is 113 Å². The van der Waals surface area contributed by atoms with Crippen LogP contribution in [-0.4, -0.2) is 19.4 Å². The molecule has 0 saturated heterocycles. The number of benzene rings is 1. The summed E-state index contributed by atoms with van der Waals surface area (Å²) in [5, 5.41) is 10.8. The van der Waals surface area contributed by atoms with Gasteiger partial charge in [-0.1, -0.05) is 22.4 Å². The van der Waals surface area contributed by atoms with E-state index in [9.17, 15) is 18.5 Å². The maximum atomic E-state index is 12.1. The van der Waals surface area contributed by atoms with E-state index in [1.165, 1.54) is 18.2 Å². The van der Waals surface area contributed by atoms with Gasteiger partial charge in [0.2, 0.25) is 10.0 Å². The normalized spacial score (nSPS) is 16.3. The molecule has 1 aromatic rings. The van der Waals surface area contributed by atoms with Gasteiger partial charge in [0, 0.05) is 16.6 Å². The lowest BCUT2D eigenvalue weighted by atomic mass is 9.94. The maximum absolute atomic E-state index is 12.1. The predicted molar refractivity (Wildman–Crippen MR) is 68.8 cm³/mol. The topological polar surface area (TPSA) is 89.3 Å². The number of nitrogens with zero attached hydrogens (tertiary/aromatic N) is 1. The highest BCUT2D eigenvalue weighted by Crippen LogP contribution is 2.29. The fraction of sp³-hybridized carbons (Fsp3) is 0.400. The zero-order valence-corrected chi connectivity index (χ0v) is 11.7. The van der Waals surface area contributed by atoms with E-state index in [1.54, 1.807) is 0 Å². The summed E-state index contributed by atoms with van der Waals surface area (Å²) in [6, 6.07) is 3.77. The molecule has 0 spiro atoms. The molecule has 0 unspecified atom stereocenters. The lowest BCUT2D eigenvalue weighted by Gasteiger charge is -2.25. The van der Waals surface area contributed by atoms with Gasteiger partial charge in [0.15, 0.2) is 4.90 Å².